The molecule has 0 atom stereocenters. The Morgan fingerprint density at radius 2 is 1.88 bits per heavy atom. The highest BCUT2D eigenvalue weighted by Gasteiger charge is 2.34. The summed E-state index contributed by atoms with van der Waals surface area (Å²) in [6.45, 7) is 3.13. The maximum absolute atomic E-state index is 5.73. The predicted octanol–water partition coefficient (Wildman–Crippen LogP) is 0.962. The van der Waals surface area contributed by atoms with E-state index in [-0.39, 0.29) is 12.8 Å². The summed E-state index contributed by atoms with van der Waals surface area (Å²) < 4.78 is 22.0. The smallest absolute Gasteiger partial charge is 0.231 e. The van der Waals surface area contributed by atoms with Crippen molar-refractivity contribution in [2.75, 3.05) is 20.0 Å². The molecule has 0 amide bonds. The highest BCUT2D eigenvalue weighted by molar-refractivity contribution is 5.45. The zero-order valence-corrected chi connectivity index (χ0v) is 9.64. The summed E-state index contributed by atoms with van der Waals surface area (Å²) in [5, 5.41) is 0. The van der Waals surface area contributed by atoms with E-state index in [2.05, 4.69) is 0 Å². The molecule has 5 nitrogen and oxygen atoms in total. The standard InChI is InChI=1S/C12H15NO4/c1-12(16-5-9(13)6-17-12)8-2-3-10-11(4-8)15-7-14-10/h2-4,9H,5-7,13H2,1H3. The van der Waals surface area contributed by atoms with E-state index in [1.54, 1.807) is 0 Å². The van der Waals surface area contributed by atoms with Crippen LogP contribution in [0.2, 0.25) is 0 Å². The van der Waals surface area contributed by atoms with E-state index in [0.717, 1.165) is 17.1 Å². The van der Waals surface area contributed by atoms with E-state index in [4.69, 9.17) is 24.7 Å². The second kappa shape index (κ2) is 3.87. The number of benzene rings is 1. The van der Waals surface area contributed by atoms with Crippen molar-refractivity contribution in [3.8, 4) is 11.5 Å². The van der Waals surface area contributed by atoms with Gasteiger partial charge < -0.3 is 24.7 Å². The van der Waals surface area contributed by atoms with Gasteiger partial charge in [0.15, 0.2) is 17.3 Å². The first-order valence-electron chi connectivity index (χ1n) is 5.61. The van der Waals surface area contributed by atoms with E-state index in [1.165, 1.54) is 0 Å². The molecule has 0 aliphatic carbocycles. The summed E-state index contributed by atoms with van der Waals surface area (Å²) in [4.78, 5) is 0. The molecule has 1 saturated heterocycles. The molecule has 2 N–H and O–H groups in total. The van der Waals surface area contributed by atoms with Crippen LogP contribution in [0.3, 0.4) is 0 Å². The Hall–Kier alpha value is -1.30. The van der Waals surface area contributed by atoms with Crippen LogP contribution in [0.15, 0.2) is 18.2 Å². The minimum Gasteiger partial charge on any atom is -0.454 e. The van der Waals surface area contributed by atoms with Gasteiger partial charge in [0, 0.05) is 5.56 Å². The molecule has 2 aliphatic rings. The lowest BCUT2D eigenvalue weighted by molar-refractivity contribution is -0.270. The maximum atomic E-state index is 5.73. The molecule has 0 radical (unpaired) electrons. The molecule has 5 heteroatoms. The number of hydrogen-bond acceptors (Lipinski definition) is 5. The molecule has 0 aromatic heterocycles. The lowest BCUT2D eigenvalue weighted by Gasteiger charge is -2.36. The van der Waals surface area contributed by atoms with E-state index in [1.807, 2.05) is 25.1 Å². The maximum Gasteiger partial charge on any atom is 0.231 e. The van der Waals surface area contributed by atoms with Crippen LogP contribution in [-0.2, 0) is 15.3 Å². The molecule has 2 heterocycles. The van der Waals surface area contributed by atoms with Crippen molar-refractivity contribution in [3.05, 3.63) is 23.8 Å². The molecule has 1 aromatic carbocycles. The molecule has 17 heavy (non-hydrogen) atoms. The first-order valence-corrected chi connectivity index (χ1v) is 5.61. The summed E-state index contributed by atoms with van der Waals surface area (Å²) in [5.74, 6) is 0.729. The summed E-state index contributed by atoms with van der Waals surface area (Å²) in [6.07, 6.45) is 0. The first kappa shape index (κ1) is 10.8. The predicted molar refractivity (Wildman–Crippen MR) is 59.8 cm³/mol. The molecule has 0 saturated carbocycles. The molecule has 3 rings (SSSR count). The third kappa shape index (κ3) is 1.86. The molecular weight excluding hydrogens is 222 g/mol. The van der Waals surface area contributed by atoms with Crippen LogP contribution < -0.4 is 15.2 Å². The number of hydrogen-bond donors (Lipinski definition) is 1. The molecule has 2 aliphatic heterocycles. The van der Waals surface area contributed by atoms with Crippen LogP contribution in [-0.4, -0.2) is 26.0 Å². The van der Waals surface area contributed by atoms with Gasteiger partial charge in [-0.2, -0.15) is 0 Å². The third-order valence-corrected chi connectivity index (χ3v) is 3.04. The zero-order chi connectivity index (χ0) is 11.9. The monoisotopic (exact) mass is 237 g/mol. The van der Waals surface area contributed by atoms with Gasteiger partial charge in [0.05, 0.1) is 19.3 Å². The van der Waals surface area contributed by atoms with E-state index in [0.29, 0.717) is 13.2 Å². The first-order chi connectivity index (χ1) is 8.17. The van der Waals surface area contributed by atoms with Crippen molar-refractivity contribution in [2.45, 2.75) is 18.8 Å². The summed E-state index contributed by atoms with van der Waals surface area (Å²) in [7, 11) is 0. The largest absolute Gasteiger partial charge is 0.454 e. The van der Waals surface area contributed by atoms with Crippen LogP contribution in [0.5, 0.6) is 11.5 Å². The van der Waals surface area contributed by atoms with Crippen LogP contribution in [0, 0.1) is 0 Å². The minimum atomic E-state index is -0.753. The Bertz CT molecular complexity index is 427. The van der Waals surface area contributed by atoms with Gasteiger partial charge in [0.2, 0.25) is 6.79 Å². The second-order valence-electron chi connectivity index (χ2n) is 4.40. The molecule has 1 fully saturated rings. The van der Waals surface area contributed by atoms with Gasteiger partial charge in [-0.15, -0.1) is 0 Å². The molecule has 0 bridgehead atoms. The van der Waals surface area contributed by atoms with Gasteiger partial charge in [-0.3, -0.25) is 0 Å². The third-order valence-electron chi connectivity index (χ3n) is 3.04. The molecular formula is C12H15NO4. The Kier molecular flexibility index (Phi) is 2.47. The lowest BCUT2D eigenvalue weighted by atomic mass is 10.1. The fourth-order valence-corrected chi connectivity index (χ4v) is 1.97. The average molecular weight is 237 g/mol. The lowest BCUT2D eigenvalue weighted by Crippen LogP contribution is -2.46. The number of rotatable bonds is 1. The summed E-state index contributed by atoms with van der Waals surface area (Å²) in [6, 6.07) is 5.62. The second-order valence-corrected chi connectivity index (χ2v) is 4.40. The highest BCUT2D eigenvalue weighted by atomic mass is 16.7. The van der Waals surface area contributed by atoms with Gasteiger partial charge >= 0.3 is 0 Å². The summed E-state index contributed by atoms with van der Waals surface area (Å²) >= 11 is 0. The van der Waals surface area contributed by atoms with Gasteiger partial charge in [-0.25, -0.2) is 0 Å². The van der Waals surface area contributed by atoms with Crippen molar-refractivity contribution in [2.24, 2.45) is 5.73 Å². The van der Waals surface area contributed by atoms with Crippen molar-refractivity contribution >= 4 is 0 Å². The topological polar surface area (TPSA) is 62.9 Å². The average Bonchev–Trinajstić information content (AvgIpc) is 2.80. The number of fused-ring (bicyclic) bond motifs is 1. The van der Waals surface area contributed by atoms with Crippen molar-refractivity contribution in [1.82, 2.24) is 0 Å². The van der Waals surface area contributed by atoms with Gasteiger partial charge in [0.25, 0.3) is 0 Å². The number of nitrogens with two attached hydrogens (primary N) is 1. The van der Waals surface area contributed by atoms with Crippen molar-refractivity contribution < 1.29 is 18.9 Å². The Labute approximate surface area is 99.4 Å². The fraction of sp³-hybridized carbons (Fsp3) is 0.500. The molecule has 0 unspecified atom stereocenters. The van der Waals surface area contributed by atoms with Gasteiger partial charge in [-0.05, 0) is 25.1 Å². The molecule has 0 spiro atoms. The van der Waals surface area contributed by atoms with Crippen molar-refractivity contribution in [3.63, 3.8) is 0 Å². The molecule has 1 aromatic rings. The van der Waals surface area contributed by atoms with E-state index in [9.17, 15) is 0 Å². The quantitative estimate of drug-likeness (QED) is 0.788. The van der Waals surface area contributed by atoms with Crippen LogP contribution >= 0.6 is 0 Å². The highest BCUT2D eigenvalue weighted by Crippen LogP contribution is 2.38. The fourth-order valence-electron chi connectivity index (χ4n) is 1.97. The van der Waals surface area contributed by atoms with Gasteiger partial charge in [0.1, 0.15) is 0 Å². The van der Waals surface area contributed by atoms with Crippen LogP contribution in [0.25, 0.3) is 0 Å². The minimum absolute atomic E-state index is 0.0583. The van der Waals surface area contributed by atoms with Crippen LogP contribution in [0.1, 0.15) is 12.5 Å². The van der Waals surface area contributed by atoms with Gasteiger partial charge in [-0.1, -0.05) is 0 Å². The number of ether oxygens (including phenoxy) is 4. The van der Waals surface area contributed by atoms with E-state index >= 15 is 0 Å². The normalized spacial score (nSPS) is 31.5. The Morgan fingerprint density at radius 1 is 1.18 bits per heavy atom. The van der Waals surface area contributed by atoms with Crippen molar-refractivity contribution in [1.29, 1.82) is 0 Å². The van der Waals surface area contributed by atoms with E-state index < -0.39 is 5.79 Å². The summed E-state index contributed by atoms with van der Waals surface area (Å²) in [5.41, 5.74) is 6.64. The SMILES string of the molecule is CC1(c2ccc3c(c2)OCO3)OCC(N)CO1. The van der Waals surface area contributed by atoms with Crippen LogP contribution in [0.4, 0.5) is 0 Å². The molecule has 92 valence electrons. The Morgan fingerprint density at radius 3 is 2.65 bits per heavy atom. The Balaban J connectivity index is 1.88. The zero-order valence-electron chi connectivity index (χ0n) is 9.64.